The lowest BCUT2D eigenvalue weighted by molar-refractivity contribution is -0.0113. The van der Waals surface area contributed by atoms with Crippen LogP contribution in [-0.4, -0.2) is 43.3 Å². The van der Waals surface area contributed by atoms with Crippen LogP contribution in [-0.2, 0) is 11.2 Å². The van der Waals surface area contributed by atoms with Crippen molar-refractivity contribution < 1.29 is 14.3 Å². The highest BCUT2D eigenvalue weighted by Gasteiger charge is 2.26. The second-order valence-electron chi connectivity index (χ2n) is 7.31. The Balaban J connectivity index is 1.35. The zero-order valence-corrected chi connectivity index (χ0v) is 15.5. The lowest BCUT2D eigenvalue weighted by Crippen LogP contribution is -2.48. The summed E-state index contributed by atoms with van der Waals surface area (Å²) in [4.78, 5) is 14.6. The molecule has 2 aromatic carbocycles. The van der Waals surface area contributed by atoms with Crippen LogP contribution in [0.15, 0.2) is 54.6 Å². The van der Waals surface area contributed by atoms with Gasteiger partial charge in [-0.25, -0.2) is 4.79 Å². The lowest BCUT2D eigenvalue weighted by atomic mass is 10.1. The number of morpholine rings is 1. The van der Waals surface area contributed by atoms with E-state index in [4.69, 9.17) is 9.47 Å². The number of carbonyl (C=O) groups is 1. The number of nitrogens with zero attached hydrogens (tertiary/aromatic N) is 1. The number of hydrogen-bond acceptors (Lipinski definition) is 3. The van der Waals surface area contributed by atoms with E-state index >= 15 is 0 Å². The maximum Gasteiger partial charge on any atom is 0.322 e. The number of anilines is 1. The number of para-hydroxylation sites is 2. The Kier molecular flexibility index (Phi) is 5.58. The van der Waals surface area contributed by atoms with E-state index < -0.39 is 0 Å². The monoisotopic (exact) mass is 366 g/mol. The van der Waals surface area contributed by atoms with Gasteiger partial charge >= 0.3 is 6.03 Å². The number of benzene rings is 2. The van der Waals surface area contributed by atoms with Crippen molar-refractivity contribution in [3.05, 3.63) is 60.2 Å². The summed E-state index contributed by atoms with van der Waals surface area (Å²) < 4.78 is 11.8. The fourth-order valence-electron chi connectivity index (χ4n) is 3.29. The summed E-state index contributed by atoms with van der Waals surface area (Å²) in [6.45, 7) is 2.47. The molecular weight excluding hydrogens is 340 g/mol. The van der Waals surface area contributed by atoms with Crippen LogP contribution in [0.1, 0.15) is 18.4 Å². The van der Waals surface area contributed by atoms with Crippen molar-refractivity contribution >= 4 is 11.7 Å². The van der Waals surface area contributed by atoms with Crippen LogP contribution < -0.4 is 10.1 Å². The first kappa shape index (κ1) is 17.9. The molecule has 27 heavy (non-hydrogen) atoms. The van der Waals surface area contributed by atoms with Gasteiger partial charge in [0.1, 0.15) is 5.75 Å². The first-order chi connectivity index (χ1) is 13.3. The SMILES string of the molecule is O=C(Nc1ccccc1OCC1CC1)N1CCOC(Cc2ccccc2)C1. The largest absolute Gasteiger partial charge is 0.491 e. The molecule has 1 N–H and O–H groups in total. The third-order valence-corrected chi connectivity index (χ3v) is 5.03. The van der Waals surface area contributed by atoms with Crippen LogP contribution in [0.25, 0.3) is 0 Å². The Morgan fingerprint density at radius 2 is 1.89 bits per heavy atom. The molecular formula is C22H26N2O3. The quantitative estimate of drug-likeness (QED) is 0.842. The van der Waals surface area contributed by atoms with E-state index in [1.807, 2.05) is 47.4 Å². The second kappa shape index (κ2) is 8.44. The van der Waals surface area contributed by atoms with Crippen molar-refractivity contribution in [2.75, 3.05) is 31.6 Å². The number of carbonyl (C=O) groups excluding carboxylic acids is 1. The van der Waals surface area contributed by atoms with Crippen molar-refractivity contribution in [1.29, 1.82) is 0 Å². The van der Waals surface area contributed by atoms with E-state index in [2.05, 4.69) is 17.4 Å². The Labute approximate surface area is 160 Å². The molecule has 2 amide bonds. The van der Waals surface area contributed by atoms with Crippen molar-refractivity contribution in [2.45, 2.75) is 25.4 Å². The van der Waals surface area contributed by atoms with Crippen LogP contribution in [0.2, 0.25) is 0 Å². The van der Waals surface area contributed by atoms with Crippen molar-refractivity contribution in [1.82, 2.24) is 4.90 Å². The molecule has 1 heterocycles. The lowest BCUT2D eigenvalue weighted by Gasteiger charge is -2.33. The van der Waals surface area contributed by atoms with Gasteiger partial charge in [-0.1, -0.05) is 42.5 Å². The topological polar surface area (TPSA) is 50.8 Å². The predicted octanol–water partition coefficient (Wildman–Crippen LogP) is 3.95. The molecule has 0 radical (unpaired) electrons. The molecule has 0 bridgehead atoms. The van der Waals surface area contributed by atoms with Gasteiger partial charge in [-0.05, 0) is 36.5 Å². The molecule has 1 aliphatic heterocycles. The van der Waals surface area contributed by atoms with Gasteiger partial charge in [0.05, 0.1) is 25.0 Å². The normalized spacial score (nSPS) is 19.6. The van der Waals surface area contributed by atoms with E-state index in [0.717, 1.165) is 24.5 Å². The second-order valence-corrected chi connectivity index (χ2v) is 7.31. The van der Waals surface area contributed by atoms with Gasteiger partial charge in [0.15, 0.2) is 0 Å². The number of urea groups is 1. The van der Waals surface area contributed by atoms with E-state index in [9.17, 15) is 4.79 Å². The molecule has 5 nitrogen and oxygen atoms in total. The first-order valence-electron chi connectivity index (χ1n) is 9.71. The van der Waals surface area contributed by atoms with Crippen LogP contribution in [0, 0.1) is 5.92 Å². The summed E-state index contributed by atoms with van der Waals surface area (Å²) in [6, 6.07) is 17.8. The maximum atomic E-state index is 12.8. The molecule has 142 valence electrons. The minimum atomic E-state index is -0.0983. The molecule has 1 atom stereocenters. The molecule has 0 aromatic heterocycles. The smallest absolute Gasteiger partial charge is 0.322 e. The molecule has 2 fully saturated rings. The highest BCUT2D eigenvalue weighted by Crippen LogP contribution is 2.31. The average Bonchev–Trinajstić information content (AvgIpc) is 3.53. The molecule has 5 heteroatoms. The first-order valence-corrected chi connectivity index (χ1v) is 9.71. The highest BCUT2D eigenvalue weighted by molar-refractivity contribution is 5.91. The number of amides is 2. The summed E-state index contributed by atoms with van der Waals surface area (Å²) in [5.41, 5.74) is 1.96. The van der Waals surface area contributed by atoms with Crippen LogP contribution in [0.5, 0.6) is 5.75 Å². The molecule has 2 aromatic rings. The highest BCUT2D eigenvalue weighted by atomic mass is 16.5. The molecule has 4 rings (SSSR count). The summed E-state index contributed by atoms with van der Waals surface area (Å²) in [6.07, 6.45) is 3.32. The van der Waals surface area contributed by atoms with Crippen molar-refractivity contribution in [3.8, 4) is 5.75 Å². The standard InChI is InChI=1S/C22H26N2O3/c25-22(23-20-8-4-5-9-21(20)27-16-18-10-11-18)24-12-13-26-19(15-24)14-17-6-2-1-3-7-17/h1-9,18-19H,10-16H2,(H,23,25). The third-order valence-electron chi connectivity index (χ3n) is 5.03. The maximum absolute atomic E-state index is 12.8. The van der Waals surface area contributed by atoms with Crippen molar-refractivity contribution in [2.24, 2.45) is 5.92 Å². The van der Waals surface area contributed by atoms with Crippen LogP contribution >= 0.6 is 0 Å². The van der Waals surface area contributed by atoms with Gasteiger partial charge in [-0.15, -0.1) is 0 Å². The van der Waals surface area contributed by atoms with E-state index in [-0.39, 0.29) is 12.1 Å². The molecule has 1 aliphatic carbocycles. The van der Waals surface area contributed by atoms with E-state index in [1.54, 1.807) is 0 Å². The fourth-order valence-corrected chi connectivity index (χ4v) is 3.29. The summed E-state index contributed by atoms with van der Waals surface area (Å²) in [7, 11) is 0. The minimum Gasteiger partial charge on any atom is -0.491 e. The van der Waals surface area contributed by atoms with E-state index in [0.29, 0.717) is 25.6 Å². The van der Waals surface area contributed by atoms with Gasteiger partial charge in [0, 0.05) is 19.5 Å². The van der Waals surface area contributed by atoms with Crippen LogP contribution in [0.4, 0.5) is 10.5 Å². The van der Waals surface area contributed by atoms with Gasteiger partial charge < -0.3 is 19.7 Å². The molecule has 2 aliphatic rings. The van der Waals surface area contributed by atoms with Gasteiger partial charge in [0.25, 0.3) is 0 Å². The van der Waals surface area contributed by atoms with Crippen LogP contribution in [0.3, 0.4) is 0 Å². The molecule has 1 saturated carbocycles. The Morgan fingerprint density at radius 1 is 1.11 bits per heavy atom. The fraction of sp³-hybridized carbons (Fsp3) is 0.409. The van der Waals surface area contributed by atoms with Crippen molar-refractivity contribution in [3.63, 3.8) is 0 Å². The summed E-state index contributed by atoms with van der Waals surface area (Å²) in [5.74, 6) is 1.42. The summed E-state index contributed by atoms with van der Waals surface area (Å²) >= 11 is 0. The van der Waals surface area contributed by atoms with Gasteiger partial charge in [-0.2, -0.15) is 0 Å². The number of nitrogens with one attached hydrogen (secondary N) is 1. The van der Waals surface area contributed by atoms with E-state index in [1.165, 1.54) is 18.4 Å². The summed E-state index contributed by atoms with van der Waals surface area (Å²) in [5, 5.41) is 3.02. The predicted molar refractivity (Wildman–Crippen MR) is 105 cm³/mol. The number of rotatable bonds is 6. The number of ether oxygens (including phenoxy) is 2. The molecule has 1 saturated heterocycles. The van der Waals surface area contributed by atoms with Gasteiger partial charge in [0.2, 0.25) is 0 Å². The average molecular weight is 366 g/mol. The zero-order valence-electron chi connectivity index (χ0n) is 15.5. The minimum absolute atomic E-state index is 0.0215. The Hall–Kier alpha value is -2.53. The Morgan fingerprint density at radius 3 is 2.70 bits per heavy atom. The zero-order chi connectivity index (χ0) is 18.5. The molecule has 1 unspecified atom stereocenters. The Bertz CT molecular complexity index is 761. The van der Waals surface area contributed by atoms with Gasteiger partial charge in [-0.3, -0.25) is 0 Å². The molecule has 0 spiro atoms. The third kappa shape index (κ3) is 5.01. The number of hydrogen-bond donors (Lipinski definition) is 1.